The van der Waals surface area contributed by atoms with Crippen LogP contribution in [0.4, 0.5) is 0 Å². The molecular weight excluding hydrogens is 76.1 g/mol. The number of rotatable bonds is 0. The molecule has 0 unspecified atom stereocenters. The molecule has 1 radical (unpaired) electrons. The zero-order valence-electron chi connectivity index (χ0n) is 4.15. The minimum Gasteiger partial charge on any atom is -0.367 e. The van der Waals surface area contributed by atoms with Crippen LogP contribution < -0.4 is 0 Å². The van der Waals surface area contributed by atoms with E-state index in [1.807, 2.05) is 0 Å². The molecule has 2 nitrogen and oxygen atoms in total. The lowest BCUT2D eigenvalue weighted by molar-refractivity contribution is 0.621. The second-order valence-electron chi connectivity index (χ2n) is 1.34. The number of hydrogen-bond acceptors (Lipinski definition) is 1. The molecule has 1 N–H and O–H groups in total. The van der Waals surface area contributed by atoms with Gasteiger partial charge in [0.25, 0.3) is 0 Å². The van der Waals surface area contributed by atoms with Crippen LogP contribution in [0.5, 0.6) is 0 Å². The summed E-state index contributed by atoms with van der Waals surface area (Å²) < 4.78 is 0. The fourth-order valence-electron chi connectivity index (χ4n) is 0. The predicted molar refractivity (Wildman–Crippen MR) is 26.8 cm³/mol. The van der Waals surface area contributed by atoms with Crippen molar-refractivity contribution in [2.45, 2.75) is 0 Å². The van der Waals surface area contributed by atoms with Crippen molar-refractivity contribution in [1.82, 2.24) is 4.90 Å². The van der Waals surface area contributed by atoms with Crippen LogP contribution in [0.25, 0.3) is 0 Å². The number of hydrogen-bond donors (Lipinski definition) is 1. The van der Waals surface area contributed by atoms with Gasteiger partial charge in [-0.25, -0.2) is 0 Å². The van der Waals surface area contributed by atoms with E-state index >= 15 is 0 Å². The van der Waals surface area contributed by atoms with Crippen LogP contribution in [0.1, 0.15) is 0 Å². The minimum absolute atomic E-state index is 0.343. The first-order valence-corrected chi connectivity index (χ1v) is 1.72. The number of nitrogens with one attached hydrogen (secondary N) is 1. The SMILES string of the molecule is [CH2]C(=N)N(C)C. The van der Waals surface area contributed by atoms with Gasteiger partial charge in [0.05, 0.1) is 5.84 Å². The Hall–Kier alpha value is -0.530. The highest BCUT2D eigenvalue weighted by atomic mass is 15.1. The van der Waals surface area contributed by atoms with Gasteiger partial charge in [0, 0.05) is 21.0 Å². The Morgan fingerprint density at radius 3 is 1.83 bits per heavy atom. The second-order valence-corrected chi connectivity index (χ2v) is 1.34. The summed E-state index contributed by atoms with van der Waals surface area (Å²) in [5, 5.41) is 6.76. The molecule has 0 bridgehead atoms. The van der Waals surface area contributed by atoms with Crippen LogP contribution in [0.15, 0.2) is 0 Å². The standard InChI is InChI=1S/C4H9N2/c1-4(5)6(2)3/h5H,1H2,2-3H3. The van der Waals surface area contributed by atoms with Crippen LogP contribution in [0.3, 0.4) is 0 Å². The molecule has 6 heavy (non-hydrogen) atoms. The summed E-state index contributed by atoms with van der Waals surface area (Å²) in [4.78, 5) is 1.64. The molecule has 0 fully saturated rings. The van der Waals surface area contributed by atoms with Crippen molar-refractivity contribution in [3.63, 3.8) is 0 Å². The Morgan fingerprint density at radius 2 is 1.83 bits per heavy atom. The molecular formula is C4H9N2. The molecule has 2 heteroatoms. The maximum Gasteiger partial charge on any atom is 0.0956 e. The van der Waals surface area contributed by atoms with Gasteiger partial charge in [0.2, 0.25) is 0 Å². The van der Waals surface area contributed by atoms with E-state index in [1.165, 1.54) is 0 Å². The second kappa shape index (κ2) is 1.80. The highest BCUT2D eigenvalue weighted by Crippen LogP contribution is 1.70. The van der Waals surface area contributed by atoms with Gasteiger partial charge in [-0.15, -0.1) is 0 Å². The zero-order chi connectivity index (χ0) is 5.15. The molecule has 0 spiro atoms. The summed E-state index contributed by atoms with van der Waals surface area (Å²) in [5.41, 5.74) is 0. The zero-order valence-corrected chi connectivity index (χ0v) is 4.15. The average Bonchev–Trinajstić information content (AvgIpc) is 1.36. The van der Waals surface area contributed by atoms with Crippen molar-refractivity contribution in [3.8, 4) is 0 Å². The molecule has 0 atom stereocenters. The fraction of sp³-hybridized carbons (Fsp3) is 0.500. The van der Waals surface area contributed by atoms with E-state index in [1.54, 1.807) is 19.0 Å². The molecule has 0 amide bonds. The quantitative estimate of drug-likeness (QED) is 0.333. The van der Waals surface area contributed by atoms with Gasteiger partial charge < -0.3 is 4.90 Å². The summed E-state index contributed by atoms with van der Waals surface area (Å²) in [6.45, 7) is 3.35. The van der Waals surface area contributed by atoms with Crippen molar-refractivity contribution in [3.05, 3.63) is 6.92 Å². The summed E-state index contributed by atoms with van der Waals surface area (Å²) >= 11 is 0. The highest BCUT2D eigenvalue weighted by molar-refractivity contribution is 5.82. The van der Waals surface area contributed by atoms with Crippen molar-refractivity contribution in [2.75, 3.05) is 14.1 Å². The maximum absolute atomic E-state index is 6.76. The first-order chi connectivity index (χ1) is 2.64. The number of amidine groups is 1. The van der Waals surface area contributed by atoms with Gasteiger partial charge in [-0.3, -0.25) is 5.41 Å². The predicted octanol–water partition coefficient (Wildman–Crippen LogP) is 0.359. The van der Waals surface area contributed by atoms with Crippen LogP contribution >= 0.6 is 0 Å². The Kier molecular flexibility index (Phi) is 1.64. The summed E-state index contributed by atoms with van der Waals surface area (Å²) in [6, 6.07) is 0. The van der Waals surface area contributed by atoms with Crippen molar-refractivity contribution in [1.29, 1.82) is 5.41 Å². The van der Waals surface area contributed by atoms with Gasteiger partial charge in [-0.1, -0.05) is 0 Å². The van der Waals surface area contributed by atoms with E-state index in [0.717, 1.165) is 0 Å². The van der Waals surface area contributed by atoms with Crippen LogP contribution in [-0.4, -0.2) is 24.8 Å². The molecule has 0 saturated carbocycles. The first kappa shape index (κ1) is 5.47. The van der Waals surface area contributed by atoms with E-state index in [4.69, 9.17) is 5.41 Å². The normalized spacial score (nSPS) is 7.83. The molecule has 0 saturated heterocycles. The van der Waals surface area contributed by atoms with E-state index in [9.17, 15) is 0 Å². The lowest BCUT2D eigenvalue weighted by Gasteiger charge is -2.06. The van der Waals surface area contributed by atoms with Gasteiger partial charge in [-0.2, -0.15) is 0 Å². The molecule has 0 aromatic heterocycles. The molecule has 0 heterocycles. The van der Waals surface area contributed by atoms with Gasteiger partial charge >= 0.3 is 0 Å². The molecule has 0 aromatic carbocycles. The van der Waals surface area contributed by atoms with Crippen LogP contribution in [-0.2, 0) is 0 Å². The number of nitrogens with zero attached hydrogens (tertiary/aromatic N) is 1. The lowest BCUT2D eigenvalue weighted by atomic mass is 10.6. The Morgan fingerprint density at radius 1 is 1.67 bits per heavy atom. The Labute approximate surface area is 38.3 Å². The van der Waals surface area contributed by atoms with Crippen LogP contribution in [0.2, 0.25) is 0 Å². The van der Waals surface area contributed by atoms with Gasteiger partial charge in [0.15, 0.2) is 0 Å². The van der Waals surface area contributed by atoms with Crippen molar-refractivity contribution in [2.24, 2.45) is 0 Å². The average molecular weight is 85.1 g/mol. The molecule has 0 aromatic rings. The van der Waals surface area contributed by atoms with Crippen molar-refractivity contribution >= 4 is 5.84 Å². The molecule has 0 aliphatic rings. The minimum atomic E-state index is 0.343. The monoisotopic (exact) mass is 85.1 g/mol. The third-order valence-electron chi connectivity index (χ3n) is 0.540. The smallest absolute Gasteiger partial charge is 0.0956 e. The Bertz CT molecular complexity index is 56.6. The highest BCUT2D eigenvalue weighted by Gasteiger charge is 1.82. The van der Waals surface area contributed by atoms with E-state index in [0.29, 0.717) is 5.84 Å². The summed E-state index contributed by atoms with van der Waals surface area (Å²) in [7, 11) is 3.57. The third-order valence-corrected chi connectivity index (χ3v) is 0.540. The largest absolute Gasteiger partial charge is 0.367 e. The van der Waals surface area contributed by atoms with Crippen molar-refractivity contribution < 1.29 is 0 Å². The molecule has 0 aliphatic carbocycles. The van der Waals surface area contributed by atoms with Crippen LogP contribution in [0, 0.1) is 12.3 Å². The topological polar surface area (TPSA) is 27.1 Å². The fourth-order valence-corrected chi connectivity index (χ4v) is 0. The van der Waals surface area contributed by atoms with E-state index in [-0.39, 0.29) is 0 Å². The van der Waals surface area contributed by atoms with E-state index < -0.39 is 0 Å². The summed E-state index contributed by atoms with van der Waals surface area (Å²) in [6.07, 6.45) is 0. The van der Waals surface area contributed by atoms with Gasteiger partial charge in [-0.05, 0) is 0 Å². The molecule has 35 valence electrons. The third kappa shape index (κ3) is 1.76. The first-order valence-electron chi connectivity index (χ1n) is 1.72. The molecule has 0 aliphatic heterocycles. The maximum atomic E-state index is 6.76. The summed E-state index contributed by atoms with van der Waals surface area (Å²) in [5.74, 6) is 0.343. The molecule has 0 rings (SSSR count). The Balaban J connectivity index is 3.26. The van der Waals surface area contributed by atoms with Gasteiger partial charge in [0.1, 0.15) is 0 Å². The lowest BCUT2D eigenvalue weighted by Crippen LogP contribution is -2.16. The van der Waals surface area contributed by atoms with E-state index in [2.05, 4.69) is 6.92 Å².